The van der Waals surface area contributed by atoms with Gasteiger partial charge in [-0.25, -0.2) is 0 Å². The molecule has 0 bridgehead atoms. The number of aryl methyl sites for hydroxylation is 2. The molecule has 0 aliphatic rings. The van der Waals surface area contributed by atoms with E-state index in [1.165, 1.54) is 5.56 Å². The minimum Gasteiger partial charge on any atom is -0.332 e. The highest BCUT2D eigenvalue weighted by molar-refractivity contribution is 5.92. The van der Waals surface area contributed by atoms with Crippen LogP contribution in [0.2, 0.25) is 0 Å². The SMILES string of the molecule is CCN(CC)CCN(Cc1cccc(C)c1)C(=O)c1cc(C)n[nH]1. The average Bonchev–Trinajstić information content (AvgIpc) is 3.00. The number of benzene rings is 1. The van der Waals surface area contributed by atoms with E-state index >= 15 is 0 Å². The number of likely N-dealkylation sites (N-methyl/N-ethyl adjacent to an activating group) is 1. The van der Waals surface area contributed by atoms with E-state index in [0.717, 1.165) is 30.9 Å². The number of H-pyrrole nitrogens is 1. The first kappa shape index (κ1) is 18.2. The van der Waals surface area contributed by atoms with Crippen LogP contribution in [0.1, 0.15) is 41.2 Å². The first-order chi connectivity index (χ1) is 11.5. The maximum atomic E-state index is 12.9. The zero-order chi connectivity index (χ0) is 17.5. The molecule has 0 spiro atoms. The molecule has 24 heavy (non-hydrogen) atoms. The minimum absolute atomic E-state index is 0.00395. The molecule has 1 heterocycles. The van der Waals surface area contributed by atoms with Gasteiger partial charge < -0.3 is 9.80 Å². The molecule has 0 saturated carbocycles. The lowest BCUT2D eigenvalue weighted by Gasteiger charge is -2.26. The number of carbonyl (C=O) groups excluding carboxylic acids is 1. The van der Waals surface area contributed by atoms with Gasteiger partial charge in [0.1, 0.15) is 5.69 Å². The van der Waals surface area contributed by atoms with Gasteiger partial charge in [0.15, 0.2) is 0 Å². The minimum atomic E-state index is 0.00395. The van der Waals surface area contributed by atoms with Crippen LogP contribution >= 0.6 is 0 Å². The lowest BCUT2D eigenvalue weighted by Crippen LogP contribution is -2.38. The zero-order valence-corrected chi connectivity index (χ0v) is 15.2. The number of nitrogens with one attached hydrogen (secondary N) is 1. The third kappa shape index (κ3) is 4.93. The molecular weight excluding hydrogens is 300 g/mol. The van der Waals surface area contributed by atoms with E-state index in [0.29, 0.717) is 18.8 Å². The molecule has 0 aliphatic carbocycles. The molecule has 0 fully saturated rings. The van der Waals surface area contributed by atoms with Crippen LogP contribution in [0.15, 0.2) is 30.3 Å². The summed E-state index contributed by atoms with van der Waals surface area (Å²) in [5.41, 5.74) is 3.75. The Bertz CT molecular complexity index is 661. The normalized spacial score (nSPS) is 11.0. The molecule has 130 valence electrons. The van der Waals surface area contributed by atoms with Crippen LogP contribution in [-0.2, 0) is 6.54 Å². The van der Waals surface area contributed by atoms with Crippen molar-refractivity contribution in [2.75, 3.05) is 26.2 Å². The molecule has 0 atom stereocenters. The molecule has 2 rings (SSSR count). The summed E-state index contributed by atoms with van der Waals surface area (Å²) >= 11 is 0. The van der Waals surface area contributed by atoms with Crippen LogP contribution in [0.25, 0.3) is 0 Å². The first-order valence-electron chi connectivity index (χ1n) is 8.62. The fraction of sp³-hybridized carbons (Fsp3) is 0.474. The Labute approximate surface area is 144 Å². The number of aromatic amines is 1. The van der Waals surface area contributed by atoms with Crippen LogP contribution in [0.5, 0.6) is 0 Å². The third-order valence-electron chi connectivity index (χ3n) is 4.26. The quantitative estimate of drug-likeness (QED) is 0.810. The predicted octanol–water partition coefficient (Wildman–Crippen LogP) is 3.01. The summed E-state index contributed by atoms with van der Waals surface area (Å²) in [4.78, 5) is 17.1. The number of aromatic nitrogens is 2. The van der Waals surface area contributed by atoms with Crippen molar-refractivity contribution in [3.63, 3.8) is 0 Å². The van der Waals surface area contributed by atoms with Crippen molar-refractivity contribution in [3.8, 4) is 0 Å². The summed E-state index contributed by atoms with van der Waals surface area (Å²) in [5, 5.41) is 6.93. The fourth-order valence-electron chi connectivity index (χ4n) is 2.79. The molecule has 1 N–H and O–H groups in total. The monoisotopic (exact) mass is 328 g/mol. The second-order valence-electron chi connectivity index (χ2n) is 6.17. The van der Waals surface area contributed by atoms with Crippen LogP contribution in [0.3, 0.4) is 0 Å². The van der Waals surface area contributed by atoms with Gasteiger partial charge in [-0.3, -0.25) is 9.89 Å². The Morgan fingerprint density at radius 2 is 1.88 bits per heavy atom. The van der Waals surface area contributed by atoms with Gasteiger partial charge >= 0.3 is 0 Å². The number of amides is 1. The van der Waals surface area contributed by atoms with E-state index < -0.39 is 0 Å². The molecule has 1 aromatic heterocycles. The van der Waals surface area contributed by atoms with Crippen molar-refractivity contribution in [2.24, 2.45) is 0 Å². The van der Waals surface area contributed by atoms with E-state index in [9.17, 15) is 4.79 Å². The predicted molar refractivity (Wildman–Crippen MR) is 97.0 cm³/mol. The highest BCUT2D eigenvalue weighted by Gasteiger charge is 2.18. The zero-order valence-electron chi connectivity index (χ0n) is 15.2. The van der Waals surface area contributed by atoms with Gasteiger partial charge in [0.25, 0.3) is 5.91 Å². The molecule has 5 nitrogen and oxygen atoms in total. The van der Waals surface area contributed by atoms with Crippen molar-refractivity contribution in [1.29, 1.82) is 0 Å². The standard InChI is InChI=1S/C19H28N4O/c1-5-22(6-2)10-11-23(14-17-9-7-8-15(3)12-17)19(24)18-13-16(4)20-21-18/h7-9,12-13H,5-6,10-11,14H2,1-4H3,(H,20,21). The summed E-state index contributed by atoms with van der Waals surface area (Å²) in [5.74, 6) is 0.00395. The van der Waals surface area contributed by atoms with Crippen molar-refractivity contribution in [1.82, 2.24) is 20.0 Å². The second-order valence-corrected chi connectivity index (χ2v) is 6.17. The van der Waals surface area contributed by atoms with Crippen molar-refractivity contribution in [3.05, 3.63) is 52.8 Å². The highest BCUT2D eigenvalue weighted by Crippen LogP contribution is 2.11. The largest absolute Gasteiger partial charge is 0.332 e. The topological polar surface area (TPSA) is 52.2 Å². The van der Waals surface area contributed by atoms with Crippen molar-refractivity contribution >= 4 is 5.91 Å². The Morgan fingerprint density at radius 1 is 1.12 bits per heavy atom. The van der Waals surface area contributed by atoms with Crippen LogP contribution in [0.4, 0.5) is 0 Å². The summed E-state index contributed by atoms with van der Waals surface area (Å²) in [6.45, 7) is 12.4. The van der Waals surface area contributed by atoms with E-state index in [2.05, 4.69) is 54.1 Å². The van der Waals surface area contributed by atoms with Crippen LogP contribution < -0.4 is 0 Å². The molecule has 0 unspecified atom stereocenters. The van der Waals surface area contributed by atoms with E-state index in [1.54, 1.807) is 0 Å². The Balaban J connectivity index is 2.15. The molecule has 1 amide bonds. The lowest BCUT2D eigenvalue weighted by atomic mass is 10.1. The maximum absolute atomic E-state index is 12.9. The van der Waals surface area contributed by atoms with Crippen molar-refractivity contribution in [2.45, 2.75) is 34.2 Å². The average molecular weight is 328 g/mol. The number of hydrogen-bond donors (Lipinski definition) is 1. The van der Waals surface area contributed by atoms with Gasteiger partial charge in [-0.1, -0.05) is 43.7 Å². The third-order valence-corrected chi connectivity index (χ3v) is 4.26. The molecule has 0 aliphatic heterocycles. The Morgan fingerprint density at radius 3 is 2.46 bits per heavy atom. The number of rotatable bonds is 8. The number of nitrogens with zero attached hydrogens (tertiary/aromatic N) is 3. The summed E-state index contributed by atoms with van der Waals surface area (Å²) < 4.78 is 0. The van der Waals surface area contributed by atoms with Crippen LogP contribution in [-0.4, -0.2) is 52.1 Å². The second kappa shape index (κ2) is 8.64. The van der Waals surface area contributed by atoms with Gasteiger partial charge in [-0.15, -0.1) is 0 Å². The van der Waals surface area contributed by atoms with Gasteiger partial charge in [0.2, 0.25) is 0 Å². The Kier molecular flexibility index (Phi) is 6.55. The summed E-state index contributed by atoms with van der Waals surface area (Å²) in [6.07, 6.45) is 0. The summed E-state index contributed by atoms with van der Waals surface area (Å²) in [7, 11) is 0. The first-order valence-corrected chi connectivity index (χ1v) is 8.62. The summed E-state index contributed by atoms with van der Waals surface area (Å²) in [6, 6.07) is 10.1. The van der Waals surface area contributed by atoms with Gasteiger partial charge in [-0.05, 0) is 38.6 Å². The smallest absolute Gasteiger partial charge is 0.272 e. The Hall–Kier alpha value is -2.14. The molecule has 1 aromatic carbocycles. The number of carbonyl (C=O) groups is 1. The van der Waals surface area contributed by atoms with Gasteiger partial charge in [0, 0.05) is 19.6 Å². The van der Waals surface area contributed by atoms with E-state index in [4.69, 9.17) is 0 Å². The molecule has 0 radical (unpaired) electrons. The fourth-order valence-corrected chi connectivity index (χ4v) is 2.79. The lowest BCUT2D eigenvalue weighted by molar-refractivity contribution is 0.0718. The molecular formula is C19H28N4O. The molecule has 5 heteroatoms. The molecule has 2 aromatic rings. The maximum Gasteiger partial charge on any atom is 0.272 e. The van der Waals surface area contributed by atoms with Crippen LogP contribution in [0, 0.1) is 13.8 Å². The van der Waals surface area contributed by atoms with Crippen molar-refractivity contribution < 1.29 is 4.79 Å². The highest BCUT2D eigenvalue weighted by atomic mass is 16.2. The molecule has 0 saturated heterocycles. The van der Waals surface area contributed by atoms with Gasteiger partial charge in [0.05, 0.1) is 5.69 Å². The van der Waals surface area contributed by atoms with E-state index in [1.807, 2.05) is 24.0 Å². The van der Waals surface area contributed by atoms with E-state index in [-0.39, 0.29) is 5.91 Å². The van der Waals surface area contributed by atoms with Gasteiger partial charge in [-0.2, -0.15) is 5.10 Å². The number of hydrogen-bond acceptors (Lipinski definition) is 3.